The second kappa shape index (κ2) is 7.69. The Bertz CT molecular complexity index is 1110. The number of benzene rings is 2. The van der Waals surface area contributed by atoms with E-state index in [-0.39, 0.29) is 18.3 Å². The van der Waals surface area contributed by atoms with Crippen LogP contribution in [0.5, 0.6) is 5.75 Å². The summed E-state index contributed by atoms with van der Waals surface area (Å²) < 4.78 is 10.4. The Morgan fingerprint density at radius 3 is 2.62 bits per heavy atom. The number of halogens is 1. The zero-order valence-electron chi connectivity index (χ0n) is 14.8. The molecule has 0 saturated carbocycles. The minimum Gasteiger partial charge on any atom is -0.482 e. The maximum absolute atomic E-state index is 12.7. The van der Waals surface area contributed by atoms with Gasteiger partial charge < -0.3 is 25.1 Å². The van der Waals surface area contributed by atoms with Gasteiger partial charge in [0.05, 0.1) is 23.3 Å². The fourth-order valence-electron chi connectivity index (χ4n) is 2.73. The number of carbonyl (C=O) groups is 3. The van der Waals surface area contributed by atoms with E-state index in [0.717, 1.165) is 0 Å². The fourth-order valence-corrected chi connectivity index (χ4v) is 2.90. The molecule has 0 atom stereocenters. The predicted molar refractivity (Wildman–Crippen MR) is 107 cm³/mol. The lowest BCUT2D eigenvalue weighted by molar-refractivity contribution is -0.118. The molecule has 1 aliphatic rings. The van der Waals surface area contributed by atoms with E-state index in [1.165, 1.54) is 24.5 Å². The van der Waals surface area contributed by atoms with Crippen molar-refractivity contribution < 1.29 is 23.5 Å². The maximum Gasteiger partial charge on any atom is 0.291 e. The van der Waals surface area contributed by atoms with Crippen LogP contribution in [0.25, 0.3) is 0 Å². The van der Waals surface area contributed by atoms with Gasteiger partial charge in [-0.1, -0.05) is 11.6 Å². The van der Waals surface area contributed by atoms with Gasteiger partial charge in [-0.15, -0.1) is 0 Å². The van der Waals surface area contributed by atoms with Crippen LogP contribution in [0.3, 0.4) is 0 Å². The lowest BCUT2D eigenvalue weighted by atomic mass is 10.1. The minimum absolute atomic E-state index is 0.113. The van der Waals surface area contributed by atoms with Gasteiger partial charge in [0.15, 0.2) is 12.4 Å². The molecule has 29 heavy (non-hydrogen) atoms. The largest absolute Gasteiger partial charge is 0.482 e. The first kappa shape index (κ1) is 18.6. The first-order chi connectivity index (χ1) is 14.0. The Morgan fingerprint density at radius 1 is 1.00 bits per heavy atom. The topological polar surface area (TPSA) is 110 Å². The number of ether oxygens (including phenoxy) is 1. The molecular weight excluding hydrogens is 398 g/mol. The summed E-state index contributed by atoms with van der Waals surface area (Å²) in [6, 6.07) is 12.5. The van der Waals surface area contributed by atoms with Crippen molar-refractivity contribution in [3.05, 3.63) is 71.1 Å². The van der Waals surface area contributed by atoms with Crippen molar-refractivity contribution >= 4 is 46.4 Å². The number of carbonyl (C=O) groups excluding carboxylic acids is 3. The van der Waals surface area contributed by atoms with Gasteiger partial charge in [-0.25, -0.2) is 0 Å². The summed E-state index contributed by atoms with van der Waals surface area (Å²) in [6.07, 6.45) is 1.39. The van der Waals surface area contributed by atoms with Gasteiger partial charge in [-0.3, -0.25) is 14.4 Å². The van der Waals surface area contributed by atoms with Gasteiger partial charge in [0.1, 0.15) is 5.75 Å². The van der Waals surface area contributed by atoms with Gasteiger partial charge in [0, 0.05) is 10.6 Å². The molecule has 0 fully saturated rings. The molecule has 2 aromatic carbocycles. The number of rotatable bonds is 4. The van der Waals surface area contributed by atoms with Crippen LogP contribution in [-0.4, -0.2) is 24.3 Å². The monoisotopic (exact) mass is 411 g/mol. The van der Waals surface area contributed by atoms with Crippen LogP contribution in [0.2, 0.25) is 5.02 Å². The van der Waals surface area contributed by atoms with Crippen molar-refractivity contribution in [1.29, 1.82) is 0 Å². The van der Waals surface area contributed by atoms with Crippen LogP contribution in [-0.2, 0) is 4.79 Å². The fraction of sp³-hybridized carbons (Fsp3) is 0.0500. The molecule has 0 unspecified atom stereocenters. The summed E-state index contributed by atoms with van der Waals surface area (Å²) in [6.45, 7) is -0.113. The summed E-state index contributed by atoms with van der Waals surface area (Å²) in [5.41, 5.74) is 1.48. The Hall–Kier alpha value is -3.78. The van der Waals surface area contributed by atoms with Gasteiger partial charge >= 0.3 is 0 Å². The summed E-state index contributed by atoms with van der Waals surface area (Å²) in [4.78, 5) is 36.3. The molecule has 3 N–H and O–H groups in total. The second-order valence-corrected chi connectivity index (χ2v) is 6.56. The normalized spacial score (nSPS) is 12.4. The zero-order valence-corrected chi connectivity index (χ0v) is 15.6. The SMILES string of the molecule is O=C1COc2cc(C(=O)Nc3ccc(Cl)cc3NC(=O)c3ccco3)ccc2N1. The summed E-state index contributed by atoms with van der Waals surface area (Å²) >= 11 is 6.03. The Kier molecular flexibility index (Phi) is 4.92. The van der Waals surface area contributed by atoms with Crippen molar-refractivity contribution in [2.24, 2.45) is 0 Å². The molecule has 0 bridgehead atoms. The lowest BCUT2D eigenvalue weighted by Gasteiger charge is -2.18. The third kappa shape index (κ3) is 4.07. The van der Waals surface area contributed by atoms with Crippen molar-refractivity contribution in [1.82, 2.24) is 0 Å². The molecule has 1 aromatic heterocycles. The molecule has 0 spiro atoms. The van der Waals surface area contributed by atoms with Gasteiger partial charge in [-0.05, 0) is 48.5 Å². The van der Waals surface area contributed by atoms with Crippen LogP contribution >= 0.6 is 11.6 Å². The average molecular weight is 412 g/mol. The molecule has 3 aromatic rings. The summed E-state index contributed by atoms with van der Waals surface area (Å²) in [5.74, 6) is -0.640. The number of amides is 3. The second-order valence-electron chi connectivity index (χ2n) is 6.12. The number of fused-ring (bicyclic) bond motifs is 1. The quantitative estimate of drug-likeness (QED) is 0.605. The van der Waals surface area contributed by atoms with E-state index < -0.39 is 11.8 Å². The molecule has 2 heterocycles. The third-order valence-corrected chi connectivity index (χ3v) is 4.33. The number of furan rings is 1. The molecule has 9 heteroatoms. The summed E-state index contributed by atoms with van der Waals surface area (Å²) in [5, 5.41) is 8.44. The van der Waals surface area contributed by atoms with Gasteiger partial charge in [-0.2, -0.15) is 0 Å². The van der Waals surface area contributed by atoms with E-state index >= 15 is 0 Å². The zero-order chi connectivity index (χ0) is 20.4. The Balaban J connectivity index is 1.55. The Labute approximate surface area is 169 Å². The van der Waals surface area contributed by atoms with Crippen LogP contribution < -0.4 is 20.7 Å². The molecular formula is C20H14ClN3O5. The lowest BCUT2D eigenvalue weighted by Crippen LogP contribution is -2.25. The predicted octanol–water partition coefficient (Wildman–Crippen LogP) is 3.77. The molecule has 0 aliphatic carbocycles. The number of nitrogens with one attached hydrogen (secondary N) is 3. The minimum atomic E-state index is -0.481. The van der Waals surface area contributed by atoms with E-state index in [9.17, 15) is 14.4 Å². The van der Waals surface area contributed by atoms with E-state index in [2.05, 4.69) is 16.0 Å². The molecule has 146 valence electrons. The van der Waals surface area contributed by atoms with Gasteiger partial charge in [0.25, 0.3) is 17.7 Å². The van der Waals surface area contributed by atoms with Crippen LogP contribution in [0.15, 0.2) is 59.2 Å². The maximum atomic E-state index is 12.7. The highest BCUT2D eigenvalue weighted by Gasteiger charge is 2.19. The van der Waals surface area contributed by atoms with Crippen molar-refractivity contribution in [3.8, 4) is 5.75 Å². The number of hydrogen-bond acceptors (Lipinski definition) is 5. The first-order valence-electron chi connectivity index (χ1n) is 8.52. The van der Waals surface area contributed by atoms with E-state index in [4.69, 9.17) is 20.8 Å². The molecule has 4 rings (SSSR count). The van der Waals surface area contributed by atoms with Crippen LogP contribution in [0.1, 0.15) is 20.9 Å². The number of hydrogen-bond donors (Lipinski definition) is 3. The highest BCUT2D eigenvalue weighted by molar-refractivity contribution is 6.31. The average Bonchev–Trinajstić information content (AvgIpc) is 3.24. The molecule has 3 amide bonds. The van der Waals surface area contributed by atoms with E-state index in [1.807, 2.05) is 0 Å². The van der Waals surface area contributed by atoms with E-state index in [1.54, 1.807) is 30.3 Å². The first-order valence-corrected chi connectivity index (χ1v) is 8.90. The van der Waals surface area contributed by atoms with Crippen LogP contribution in [0, 0.1) is 0 Å². The van der Waals surface area contributed by atoms with Crippen molar-refractivity contribution in [2.75, 3.05) is 22.6 Å². The summed E-state index contributed by atoms with van der Waals surface area (Å²) in [7, 11) is 0. The molecule has 8 nitrogen and oxygen atoms in total. The Morgan fingerprint density at radius 2 is 1.83 bits per heavy atom. The van der Waals surface area contributed by atoms with E-state index in [0.29, 0.717) is 33.4 Å². The van der Waals surface area contributed by atoms with Crippen molar-refractivity contribution in [3.63, 3.8) is 0 Å². The molecule has 0 saturated heterocycles. The molecule has 1 aliphatic heterocycles. The highest BCUT2D eigenvalue weighted by atomic mass is 35.5. The smallest absolute Gasteiger partial charge is 0.291 e. The molecule has 0 radical (unpaired) electrons. The van der Waals surface area contributed by atoms with Gasteiger partial charge in [0.2, 0.25) is 0 Å². The highest BCUT2D eigenvalue weighted by Crippen LogP contribution is 2.30. The van der Waals surface area contributed by atoms with Crippen molar-refractivity contribution in [2.45, 2.75) is 0 Å². The number of anilines is 3. The van der Waals surface area contributed by atoms with Crippen LogP contribution in [0.4, 0.5) is 17.1 Å². The standard InChI is InChI=1S/C20H14ClN3O5/c21-12-4-6-13(15(9-12)24-20(27)16-2-1-7-28-16)23-19(26)11-3-5-14-17(8-11)29-10-18(25)22-14/h1-9H,10H2,(H,22,25)(H,23,26)(H,24,27). The third-order valence-electron chi connectivity index (χ3n) is 4.10.